The maximum atomic E-state index is 13.1. The lowest BCUT2D eigenvalue weighted by molar-refractivity contribution is 0.0818. The Hall–Kier alpha value is -0.150. The van der Waals surface area contributed by atoms with Crippen LogP contribution in [0, 0.1) is 0 Å². The molecule has 70 valence electrons. The highest BCUT2D eigenvalue weighted by Crippen LogP contribution is 2.42. The number of fused-ring (bicyclic) bond motifs is 1. The molecule has 2 heterocycles. The molecule has 2 saturated heterocycles. The average Bonchev–Trinajstić information content (AvgIpc) is 2.51. The number of alkyl halides is 1. The Morgan fingerprint density at radius 3 is 3.00 bits per heavy atom. The van der Waals surface area contributed by atoms with Gasteiger partial charge in [-0.05, 0) is 19.8 Å². The second-order valence-electron chi connectivity index (χ2n) is 4.22. The van der Waals surface area contributed by atoms with E-state index in [0.29, 0.717) is 19.0 Å². The van der Waals surface area contributed by atoms with Gasteiger partial charge in [-0.3, -0.25) is 4.90 Å². The van der Waals surface area contributed by atoms with Crippen molar-refractivity contribution in [2.75, 3.05) is 13.2 Å². The highest BCUT2D eigenvalue weighted by molar-refractivity contribution is 5.05. The van der Waals surface area contributed by atoms with E-state index in [9.17, 15) is 9.50 Å². The van der Waals surface area contributed by atoms with E-state index >= 15 is 0 Å². The third-order valence-corrected chi connectivity index (χ3v) is 3.46. The van der Waals surface area contributed by atoms with Crippen LogP contribution in [0.4, 0.5) is 4.39 Å². The van der Waals surface area contributed by atoms with Gasteiger partial charge in [-0.2, -0.15) is 0 Å². The summed E-state index contributed by atoms with van der Waals surface area (Å²) in [6.07, 6.45) is 1.88. The van der Waals surface area contributed by atoms with Crippen molar-refractivity contribution in [2.45, 2.75) is 43.9 Å². The van der Waals surface area contributed by atoms with Crippen molar-refractivity contribution in [3.8, 4) is 0 Å². The highest BCUT2D eigenvalue weighted by atomic mass is 19.1. The summed E-state index contributed by atoms with van der Waals surface area (Å²) in [5, 5.41) is 9.25. The van der Waals surface area contributed by atoms with Gasteiger partial charge in [0, 0.05) is 24.5 Å². The zero-order chi connectivity index (χ0) is 8.77. The first-order valence-electron chi connectivity index (χ1n) is 4.70. The molecule has 0 bridgehead atoms. The van der Waals surface area contributed by atoms with Crippen molar-refractivity contribution in [3.63, 3.8) is 0 Å². The van der Waals surface area contributed by atoms with Crippen molar-refractivity contribution in [3.05, 3.63) is 0 Å². The van der Waals surface area contributed by atoms with Crippen molar-refractivity contribution >= 4 is 0 Å². The Bertz CT molecular complexity index is 187. The number of hydrogen-bond donors (Lipinski definition) is 1. The molecule has 2 nitrogen and oxygen atoms in total. The molecular formula is C9H16FNO. The second kappa shape index (κ2) is 2.67. The molecule has 0 aromatic heterocycles. The van der Waals surface area contributed by atoms with Crippen LogP contribution in [-0.4, -0.2) is 40.9 Å². The van der Waals surface area contributed by atoms with Crippen LogP contribution >= 0.6 is 0 Å². The van der Waals surface area contributed by atoms with Gasteiger partial charge in [0.2, 0.25) is 0 Å². The Kier molecular flexibility index (Phi) is 1.88. The van der Waals surface area contributed by atoms with Crippen molar-refractivity contribution in [1.29, 1.82) is 0 Å². The lowest BCUT2D eigenvalue weighted by Gasteiger charge is -2.31. The van der Waals surface area contributed by atoms with Crippen molar-refractivity contribution < 1.29 is 9.50 Å². The van der Waals surface area contributed by atoms with Crippen LogP contribution in [0.2, 0.25) is 0 Å². The summed E-state index contributed by atoms with van der Waals surface area (Å²) >= 11 is 0. The molecule has 3 atom stereocenters. The molecule has 1 N–H and O–H groups in total. The van der Waals surface area contributed by atoms with E-state index in [0.717, 1.165) is 12.8 Å². The summed E-state index contributed by atoms with van der Waals surface area (Å²) in [4.78, 5) is 2.15. The minimum absolute atomic E-state index is 0.123. The molecule has 0 aromatic carbocycles. The van der Waals surface area contributed by atoms with Gasteiger partial charge >= 0.3 is 0 Å². The van der Waals surface area contributed by atoms with Crippen LogP contribution in [-0.2, 0) is 0 Å². The molecule has 0 saturated carbocycles. The molecule has 0 aromatic rings. The predicted molar refractivity (Wildman–Crippen MR) is 44.7 cm³/mol. The fourth-order valence-electron chi connectivity index (χ4n) is 2.76. The number of rotatable bonds is 1. The summed E-state index contributed by atoms with van der Waals surface area (Å²) < 4.78 is 13.1. The maximum Gasteiger partial charge on any atom is 0.115 e. The van der Waals surface area contributed by atoms with E-state index in [-0.39, 0.29) is 12.1 Å². The summed E-state index contributed by atoms with van der Waals surface area (Å²) in [5.74, 6) is 0. The Labute approximate surface area is 72.4 Å². The summed E-state index contributed by atoms with van der Waals surface area (Å²) in [5.41, 5.74) is -0.196. The quantitative estimate of drug-likeness (QED) is 0.638. The topological polar surface area (TPSA) is 23.5 Å². The summed E-state index contributed by atoms with van der Waals surface area (Å²) in [6, 6.07) is 0.456. The third-order valence-electron chi connectivity index (χ3n) is 3.46. The Morgan fingerprint density at radius 2 is 2.42 bits per heavy atom. The smallest absolute Gasteiger partial charge is 0.115 e. The zero-order valence-electron chi connectivity index (χ0n) is 7.46. The Balaban J connectivity index is 2.19. The van der Waals surface area contributed by atoms with Crippen LogP contribution in [0.25, 0.3) is 0 Å². The van der Waals surface area contributed by atoms with Crippen molar-refractivity contribution in [1.82, 2.24) is 4.90 Å². The zero-order valence-corrected chi connectivity index (χ0v) is 7.46. The molecule has 2 aliphatic heterocycles. The monoisotopic (exact) mass is 173 g/mol. The van der Waals surface area contributed by atoms with Crippen LogP contribution in [0.15, 0.2) is 0 Å². The molecule has 0 spiro atoms. The molecular weight excluding hydrogens is 157 g/mol. The molecule has 12 heavy (non-hydrogen) atoms. The van der Waals surface area contributed by atoms with E-state index in [1.165, 1.54) is 0 Å². The van der Waals surface area contributed by atoms with E-state index in [2.05, 4.69) is 11.8 Å². The summed E-state index contributed by atoms with van der Waals surface area (Å²) in [7, 11) is 0. The minimum atomic E-state index is -0.722. The van der Waals surface area contributed by atoms with E-state index < -0.39 is 6.17 Å². The lowest BCUT2D eigenvalue weighted by atomic mass is 9.95. The second-order valence-corrected chi connectivity index (χ2v) is 4.22. The van der Waals surface area contributed by atoms with Crippen LogP contribution in [0.5, 0.6) is 0 Å². The molecule has 2 aliphatic rings. The first kappa shape index (κ1) is 8.45. The largest absolute Gasteiger partial charge is 0.394 e. The molecule has 2 rings (SSSR count). The number of halogens is 1. The van der Waals surface area contributed by atoms with Gasteiger partial charge in [0.1, 0.15) is 6.17 Å². The predicted octanol–water partition coefficient (Wildman–Crippen LogP) is 0.944. The van der Waals surface area contributed by atoms with E-state index in [1.807, 2.05) is 0 Å². The van der Waals surface area contributed by atoms with Gasteiger partial charge in [0.25, 0.3) is 0 Å². The molecule has 1 unspecified atom stereocenters. The van der Waals surface area contributed by atoms with Crippen molar-refractivity contribution in [2.24, 2.45) is 0 Å². The maximum absolute atomic E-state index is 13.1. The number of aliphatic hydroxyl groups excluding tert-OH is 1. The van der Waals surface area contributed by atoms with Gasteiger partial charge in [0.15, 0.2) is 0 Å². The Morgan fingerprint density at radius 1 is 1.67 bits per heavy atom. The lowest BCUT2D eigenvalue weighted by Crippen LogP contribution is -2.44. The van der Waals surface area contributed by atoms with E-state index in [1.54, 1.807) is 0 Å². The average molecular weight is 173 g/mol. The first-order chi connectivity index (χ1) is 5.68. The number of hydrogen-bond acceptors (Lipinski definition) is 2. The third kappa shape index (κ3) is 0.995. The van der Waals surface area contributed by atoms with Crippen LogP contribution in [0.3, 0.4) is 0 Å². The van der Waals surface area contributed by atoms with E-state index in [4.69, 9.17) is 0 Å². The SMILES string of the molecule is CC1CC[C@@]2(CO)C[C@H](F)CN12. The first-order valence-corrected chi connectivity index (χ1v) is 4.70. The van der Waals surface area contributed by atoms with Gasteiger partial charge in [-0.15, -0.1) is 0 Å². The number of aliphatic hydroxyl groups is 1. The molecule has 0 aliphatic carbocycles. The van der Waals surface area contributed by atoms with Gasteiger partial charge in [0.05, 0.1) is 6.61 Å². The normalized spacial score (nSPS) is 48.2. The van der Waals surface area contributed by atoms with Crippen LogP contribution < -0.4 is 0 Å². The van der Waals surface area contributed by atoms with Gasteiger partial charge in [-0.1, -0.05) is 0 Å². The fourth-order valence-corrected chi connectivity index (χ4v) is 2.76. The number of nitrogens with zero attached hydrogens (tertiary/aromatic N) is 1. The highest BCUT2D eigenvalue weighted by Gasteiger charge is 2.50. The molecule has 0 amide bonds. The minimum Gasteiger partial charge on any atom is -0.394 e. The van der Waals surface area contributed by atoms with Gasteiger partial charge < -0.3 is 5.11 Å². The molecule has 3 heteroatoms. The molecule has 2 fully saturated rings. The summed E-state index contributed by atoms with van der Waals surface area (Å²) in [6.45, 7) is 2.77. The fraction of sp³-hybridized carbons (Fsp3) is 1.00. The van der Waals surface area contributed by atoms with Gasteiger partial charge in [-0.25, -0.2) is 4.39 Å². The van der Waals surface area contributed by atoms with Crippen LogP contribution in [0.1, 0.15) is 26.2 Å². The molecule has 0 radical (unpaired) electrons. The standard InChI is InChI=1S/C9H16FNO/c1-7-2-3-9(6-12)4-8(10)5-11(7)9/h7-8,12H,2-6H2,1H3/t7?,8-,9-/m0/s1.